The number of rotatable bonds is 2. The van der Waals surface area contributed by atoms with Gasteiger partial charge in [-0.15, -0.1) is 0 Å². The minimum atomic E-state index is -0.0317. The van der Waals surface area contributed by atoms with Crippen molar-refractivity contribution >= 4 is 11.6 Å². The maximum Gasteiger partial charge on any atom is 0.245 e. The van der Waals surface area contributed by atoms with E-state index in [4.69, 9.17) is 0 Å². The van der Waals surface area contributed by atoms with Crippen molar-refractivity contribution in [1.82, 2.24) is 4.90 Å². The number of benzene rings is 1. The number of carbonyl (C=O) groups excluding carboxylic acids is 1. The van der Waals surface area contributed by atoms with Crippen molar-refractivity contribution in [2.75, 3.05) is 18.4 Å². The predicted molar refractivity (Wildman–Crippen MR) is 81.7 cm³/mol. The van der Waals surface area contributed by atoms with Crippen molar-refractivity contribution < 1.29 is 4.79 Å². The molecule has 20 heavy (non-hydrogen) atoms. The minimum absolute atomic E-state index is 0.0317. The van der Waals surface area contributed by atoms with Gasteiger partial charge in [0.2, 0.25) is 5.91 Å². The van der Waals surface area contributed by atoms with E-state index in [1.807, 2.05) is 6.07 Å². The van der Waals surface area contributed by atoms with E-state index in [9.17, 15) is 4.79 Å². The van der Waals surface area contributed by atoms with Crippen molar-refractivity contribution in [3.8, 4) is 0 Å². The molecule has 0 aromatic heterocycles. The minimum Gasteiger partial charge on any atom is -0.373 e. The Kier molecular flexibility index (Phi) is 3.68. The quantitative estimate of drug-likeness (QED) is 0.898. The Balaban J connectivity index is 1.65. The zero-order chi connectivity index (χ0) is 14.1. The number of aryl methyl sites for hydroxylation is 1. The lowest BCUT2D eigenvalue weighted by Gasteiger charge is -2.29. The molecule has 108 valence electrons. The molecule has 1 saturated heterocycles. The number of nitrogens with zero attached hydrogens (tertiary/aromatic N) is 1. The largest absolute Gasteiger partial charge is 0.373 e. The molecule has 2 heterocycles. The van der Waals surface area contributed by atoms with Gasteiger partial charge in [0.15, 0.2) is 0 Å². The van der Waals surface area contributed by atoms with Crippen molar-refractivity contribution in [2.45, 2.75) is 39.2 Å². The first-order chi connectivity index (χ1) is 9.65. The van der Waals surface area contributed by atoms with Crippen LogP contribution in [0.15, 0.2) is 24.3 Å². The summed E-state index contributed by atoms with van der Waals surface area (Å²) < 4.78 is 0. The van der Waals surface area contributed by atoms with Gasteiger partial charge in [-0.05, 0) is 42.7 Å². The van der Waals surface area contributed by atoms with Crippen molar-refractivity contribution in [2.24, 2.45) is 11.8 Å². The number of carbonyl (C=O) groups is 1. The first-order valence-corrected chi connectivity index (χ1v) is 7.78. The van der Waals surface area contributed by atoms with Gasteiger partial charge in [0.1, 0.15) is 6.04 Å². The molecule has 1 amide bonds. The fourth-order valence-corrected chi connectivity index (χ4v) is 3.38. The molecule has 1 N–H and O–H groups in total. The van der Waals surface area contributed by atoms with Crippen LogP contribution in [0.4, 0.5) is 5.69 Å². The molecule has 2 unspecified atom stereocenters. The van der Waals surface area contributed by atoms with E-state index in [0.717, 1.165) is 38.0 Å². The highest BCUT2D eigenvalue weighted by molar-refractivity contribution is 5.86. The molecule has 1 aromatic carbocycles. The third-order valence-corrected chi connectivity index (χ3v) is 4.83. The second kappa shape index (κ2) is 5.47. The van der Waals surface area contributed by atoms with Crippen LogP contribution in [0.2, 0.25) is 0 Å². The van der Waals surface area contributed by atoms with Crippen LogP contribution < -0.4 is 5.32 Å². The fraction of sp³-hybridized carbons (Fsp3) is 0.588. The number of nitrogens with one attached hydrogen (secondary N) is 1. The summed E-state index contributed by atoms with van der Waals surface area (Å²) >= 11 is 0. The van der Waals surface area contributed by atoms with E-state index in [2.05, 4.69) is 42.3 Å². The highest BCUT2D eigenvalue weighted by Gasteiger charge is 2.33. The van der Waals surface area contributed by atoms with E-state index < -0.39 is 0 Å². The molecule has 1 aromatic rings. The summed E-state index contributed by atoms with van der Waals surface area (Å²) in [6.07, 6.45) is 3.08. The highest BCUT2D eigenvalue weighted by atomic mass is 16.2. The van der Waals surface area contributed by atoms with Gasteiger partial charge in [-0.2, -0.15) is 0 Å². The van der Waals surface area contributed by atoms with Crippen LogP contribution in [0.1, 0.15) is 32.3 Å². The van der Waals surface area contributed by atoms with Crippen molar-refractivity contribution in [3.63, 3.8) is 0 Å². The lowest BCUT2D eigenvalue weighted by Crippen LogP contribution is -2.43. The zero-order valence-electron chi connectivity index (χ0n) is 12.4. The van der Waals surface area contributed by atoms with E-state index in [0.29, 0.717) is 17.7 Å². The maximum absolute atomic E-state index is 12.6. The number of likely N-dealkylation sites (tertiary alicyclic amines) is 1. The van der Waals surface area contributed by atoms with E-state index in [-0.39, 0.29) is 6.04 Å². The highest BCUT2D eigenvalue weighted by Crippen LogP contribution is 2.28. The van der Waals surface area contributed by atoms with Crippen LogP contribution in [0, 0.1) is 11.8 Å². The molecule has 0 saturated carbocycles. The van der Waals surface area contributed by atoms with Gasteiger partial charge in [0, 0.05) is 18.8 Å². The summed E-state index contributed by atoms with van der Waals surface area (Å²) in [5.74, 6) is 1.64. The van der Waals surface area contributed by atoms with Gasteiger partial charge in [0.25, 0.3) is 0 Å². The number of hydrogen-bond acceptors (Lipinski definition) is 2. The molecule has 0 bridgehead atoms. The number of fused-ring (bicyclic) bond motifs is 1. The molecule has 3 rings (SSSR count). The Morgan fingerprint density at radius 1 is 1.30 bits per heavy atom. The number of anilines is 1. The number of amides is 1. The third-order valence-electron chi connectivity index (χ3n) is 4.83. The van der Waals surface area contributed by atoms with Crippen LogP contribution in [0.3, 0.4) is 0 Å². The molecular formula is C17H24N2O. The summed E-state index contributed by atoms with van der Waals surface area (Å²) in [6, 6.07) is 8.29. The number of hydrogen-bond donors (Lipinski definition) is 1. The van der Waals surface area contributed by atoms with Gasteiger partial charge in [0.05, 0.1) is 0 Å². The smallest absolute Gasteiger partial charge is 0.245 e. The second-order valence-corrected chi connectivity index (χ2v) is 6.47. The van der Waals surface area contributed by atoms with Gasteiger partial charge in [-0.1, -0.05) is 32.0 Å². The first kappa shape index (κ1) is 13.5. The maximum atomic E-state index is 12.6. The summed E-state index contributed by atoms with van der Waals surface area (Å²) in [5, 5.41) is 3.43. The fourth-order valence-electron chi connectivity index (χ4n) is 3.38. The number of para-hydroxylation sites is 1. The summed E-state index contributed by atoms with van der Waals surface area (Å²) in [4.78, 5) is 14.7. The molecule has 0 spiro atoms. The first-order valence-electron chi connectivity index (χ1n) is 7.78. The Bertz CT molecular complexity index is 498. The Morgan fingerprint density at radius 3 is 2.85 bits per heavy atom. The summed E-state index contributed by atoms with van der Waals surface area (Å²) in [6.45, 7) is 6.39. The second-order valence-electron chi connectivity index (χ2n) is 6.47. The molecule has 3 heteroatoms. The van der Waals surface area contributed by atoms with Crippen LogP contribution in [-0.2, 0) is 11.2 Å². The third kappa shape index (κ3) is 2.54. The average molecular weight is 272 g/mol. The molecule has 0 radical (unpaired) electrons. The Hall–Kier alpha value is -1.51. The van der Waals surface area contributed by atoms with Gasteiger partial charge >= 0.3 is 0 Å². The lowest BCUT2D eigenvalue weighted by molar-refractivity contribution is -0.131. The van der Waals surface area contributed by atoms with Crippen LogP contribution >= 0.6 is 0 Å². The Morgan fingerprint density at radius 2 is 2.10 bits per heavy atom. The topological polar surface area (TPSA) is 32.3 Å². The van der Waals surface area contributed by atoms with Crippen molar-refractivity contribution in [1.29, 1.82) is 0 Å². The molecule has 1 fully saturated rings. The Labute approximate surface area is 121 Å². The van der Waals surface area contributed by atoms with Crippen molar-refractivity contribution in [3.05, 3.63) is 29.8 Å². The zero-order valence-corrected chi connectivity index (χ0v) is 12.4. The average Bonchev–Trinajstić information content (AvgIpc) is 2.96. The predicted octanol–water partition coefficient (Wildman–Crippen LogP) is 2.92. The summed E-state index contributed by atoms with van der Waals surface area (Å²) in [7, 11) is 0. The lowest BCUT2D eigenvalue weighted by atomic mass is 9.95. The van der Waals surface area contributed by atoms with Gasteiger partial charge in [-0.3, -0.25) is 4.79 Å². The van der Waals surface area contributed by atoms with E-state index in [1.165, 1.54) is 5.56 Å². The molecular weight excluding hydrogens is 248 g/mol. The molecule has 2 aliphatic rings. The van der Waals surface area contributed by atoms with Crippen LogP contribution in [0.25, 0.3) is 0 Å². The monoisotopic (exact) mass is 272 g/mol. The molecule has 2 aliphatic heterocycles. The van der Waals surface area contributed by atoms with Gasteiger partial charge in [-0.25, -0.2) is 0 Å². The van der Waals surface area contributed by atoms with E-state index >= 15 is 0 Å². The normalized spacial score (nSPS) is 25.4. The van der Waals surface area contributed by atoms with Gasteiger partial charge < -0.3 is 10.2 Å². The molecule has 0 aliphatic carbocycles. The standard InChI is InChI=1S/C17H24N2O/c1-12(2)14-9-10-19(11-14)17(20)16-8-7-13-5-3-4-6-15(13)18-16/h3-6,12,14,16,18H,7-11H2,1-2H3. The summed E-state index contributed by atoms with van der Waals surface area (Å²) in [5.41, 5.74) is 2.47. The van der Waals surface area contributed by atoms with Crippen LogP contribution in [0.5, 0.6) is 0 Å². The van der Waals surface area contributed by atoms with Crippen LogP contribution in [-0.4, -0.2) is 29.9 Å². The molecule has 3 nitrogen and oxygen atoms in total. The molecule has 2 atom stereocenters. The van der Waals surface area contributed by atoms with E-state index in [1.54, 1.807) is 0 Å². The SMILES string of the molecule is CC(C)C1CCN(C(=O)C2CCc3ccccc3N2)C1.